The Morgan fingerprint density at radius 1 is 1.29 bits per heavy atom. The number of nitrogens with one attached hydrogen (secondary N) is 3. The highest BCUT2D eigenvalue weighted by molar-refractivity contribution is 7.88. The molecule has 3 N–H and O–H groups in total. The van der Waals surface area contributed by atoms with E-state index < -0.39 is 15.6 Å². The minimum absolute atomic E-state index is 0.235. The van der Waals surface area contributed by atoms with Crippen LogP contribution in [0.5, 0.6) is 0 Å². The summed E-state index contributed by atoms with van der Waals surface area (Å²) in [5.41, 5.74) is 0.828. The molecule has 8 heteroatoms. The molecular weight excluding hydrogens is 331 g/mol. The Morgan fingerprint density at radius 2 is 1.96 bits per heavy atom. The zero-order chi connectivity index (χ0) is 18.4. The lowest BCUT2D eigenvalue weighted by atomic mass is 10.1. The number of benzene rings is 1. The van der Waals surface area contributed by atoms with Crippen molar-refractivity contribution in [3.63, 3.8) is 0 Å². The summed E-state index contributed by atoms with van der Waals surface area (Å²) in [6.45, 7) is 8.67. The molecule has 0 atom stereocenters. The van der Waals surface area contributed by atoms with E-state index in [1.54, 1.807) is 32.9 Å². The van der Waals surface area contributed by atoms with Crippen molar-refractivity contribution in [2.24, 2.45) is 4.99 Å². The number of rotatable bonds is 7. The molecule has 136 valence electrons. The number of aryl methyl sites for hydroxylation is 1. The van der Waals surface area contributed by atoms with Crippen LogP contribution in [-0.4, -0.2) is 39.3 Å². The highest BCUT2D eigenvalue weighted by Gasteiger charge is 2.22. The topological polar surface area (TPSA) is 82.6 Å². The Bertz CT molecular complexity index is 687. The van der Waals surface area contributed by atoms with E-state index in [4.69, 9.17) is 0 Å². The number of halogens is 1. The predicted octanol–water partition coefficient (Wildman–Crippen LogP) is 1.52. The average molecular weight is 358 g/mol. The Morgan fingerprint density at radius 3 is 2.50 bits per heavy atom. The SMILES string of the molecule is CCNC(=NCc1ccc(F)c(C)c1)NCC(C)(C)NS(C)(=O)=O. The molecule has 0 aliphatic heterocycles. The van der Waals surface area contributed by atoms with Crippen molar-refractivity contribution in [3.8, 4) is 0 Å². The maximum Gasteiger partial charge on any atom is 0.209 e. The molecule has 0 saturated carbocycles. The van der Waals surface area contributed by atoms with E-state index >= 15 is 0 Å². The van der Waals surface area contributed by atoms with Crippen LogP contribution in [0.4, 0.5) is 4.39 Å². The van der Waals surface area contributed by atoms with Gasteiger partial charge in [-0.1, -0.05) is 12.1 Å². The molecule has 0 aliphatic rings. The molecule has 0 radical (unpaired) electrons. The van der Waals surface area contributed by atoms with Gasteiger partial charge in [0.15, 0.2) is 5.96 Å². The van der Waals surface area contributed by atoms with E-state index in [1.165, 1.54) is 6.07 Å². The number of nitrogens with zero attached hydrogens (tertiary/aromatic N) is 1. The van der Waals surface area contributed by atoms with Crippen LogP contribution in [0.15, 0.2) is 23.2 Å². The van der Waals surface area contributed by atoms with E-state index in [-0.39, 0.29) is 5.82 Å². The van der Waals surface area contributed by atoms with Crippen LogP contribution in [0.2, 0.25) is 0 Å². The largest absolute Gasteiger partial charge is 0.357 e. The molecule has 0 aromatic heterocycles. The number of hydrogen-bond donors (Lipinski definition) is 3. The molecule has 0 aliphatic carbocycles. The standard InChI is InChI=1S/C16H27FN4O2S/c1-6-18-15(20-11-16(3,4)21-24(5,22)23)19-10-13-7-8-14(17)12(2)9-13/h7-9,21H,6,10-11H2,1-5H3,(H2,18,19,20). The van der Waals surface area contributed by atoms with E-state index in [0.29, 0.717) is 31.2 Å². The molecule has 0 fully saturated rings. The molecule has 0 bridgehead atoms. The monoisotopic (exact) mass is 358 g/mol. The lowest BCUT2D eigenvalue weighted by molar-refractivity contribution is 0.446. The molecule has 0 amide bonds. The van der Waals surface area contributed by atoms with Crippen LogP contribution in [0.3, 0.4) is 0 Å². The minimum Gasteiger partial charge on any atom is -0.357 e. The summed E-state index contributed by atoms with van der Waals surface area (Å²) in [6, 6.07) is 4.89. The fourth-order valence-corrected chi connectivity index (χ4v) is 3.24. The molecule has 0 saturated heterocycles. The van der Waals surface area contributed by atoms with Gasteiger partial charge in [-0.25, -0.2) is 22.5 Å². The van der Waals surface area contributed by atoms with Gasteiger partial charge in [-0.2, -0.15) is 0 Å². The lowest BCUT2D eigenvalue weighted by Crippen LogP contribution is -2.53. The number of sulfonamides is 1. The van der Waals surface area contributed by atoms with Gasteiger partial charge >= 0.3 is 0 Å². The molecule has 0 heterocycles. The van der Waals surface area contributed by atoms with Gasteiger partial charge in [0, 0.05) is 18.6 Å². The molecular formula is C16H27FN4O2S. The van der Waals surface area contributed by atoms with E-state index in [0.717, 1.165) is 11.8 Å². The second-order valence-electron chi connectivity index (χ2n) is 6.39. The summed E-state index contributed by atoms with van der Waals surface area (Å²) in [7, 11) is -3.29. The van der Waals surface area contributed by atoms with Gasteiger partial charge in [0.1, 0.15) is 5.82 Å². The average Bonchev–Trinajstić information content (AvgIpc) is 2.43. The number of guanidine groups is 1. The zero-order valence-corrected chi connectivity index (χ0v) is 15.7. The van der Waals surface area contributed by atoms with E-state index in [1.807, 2.05) is 6.92 Å². The van der Waals surface area contributed by atoms with Crippen LogP contribution in [0.25, 0.3) is 0 Å². The van der Waals surface area contributed by atoms with Crippen LogP contribution in [0.1, 0.15) is 31.9 Å². The summed E-state index contributed by atoms with van der Waals surface area (Å²) in [5.74, 6) is 0.337. The number of aliphatic imine (C=N–C) groups is 1. The summed E-state index contributed by atoms with van der Waals surface area (Å²) >= 11 is 0. The first-order chi connectivity index (χ1) is 11.0. The van der Waals surface area contributed by atoms with Crippen molar-refractivity contribution in [1.29, 1.82) is 0 Å². The molecule has 0 unspecified atom stereocenters. The highest BCUT2D eigenvalue weighted by Crippen LogP contribution is 2.10. The minimum atomic E-state index is -3.29. The fourth-order valence-electron chi connectivity index (χ4n) is 2.16. The molecule has 6 nitrogen and oxygen atoms in total. The van der Waals surface area contributed by atoms with Crippen molar-refractivity contribution in [3.05, 3.63) is 35.1 Å². The van der Waals surface area contributed by atoms with Gasteiger partial charge in [-0.3, -0.25) is 0 Å². The van der Waals surface area contributed by atoms with Gasteiger partial charge in [-0.05, 0) is 44.9 Å². The van der Waals surface area contributed by atoms with Crippen LogP contribution in [-0.2, 0) is 16.6 Å². The summed E-state index contributed by atoms with van der Waals surface area (Å²) in [4.78, 5) is 4.45. The van der Waals surface area contributed by atoms with Crippen molar-refractivity contribution in [2.75, 3.05) is 19.3 Å². The molecule has 0 spiro atoms. The maximum absolute atomic E-state index is 13.3. The van der Waals surface area contributed by atoms with Crippen LogP contribution >= 0.6 is 0 Å². The third kappa shape index (κ3) is 7.74. The van der Waals surface area contributed by atoms with Gasteiger partial charge < -0.3 is 10.6 Å². The second-order valence-corrected chi connectivity index (χ2v) is 8.14. The molecule has 24 heavy (non-hydrogen) atoms. The quantitative estimate of drug-likeness (QED) is 0.510. The van der Waals surface area contributed by atoms with Gasteiger partial charge in [-0.15, -0.1) is 0 Å². The predicted molar refractivity (Wildman–Crippen MR) is 96.0 cm³/mol. The van der Waals surface area contributed by atoms with Gasteiger partial charge in [0.25, 0.3) is 0 Å². The fraction of sp³-hybridized carbons (Fsp3) is 0.562. The first-order valence-electron chi connectivity index (χ1n) is 7.78. The summed E-state index contributed by atoms with van der Waals surface area (Å²) < 4.78 is 38.6. The maximum atomic E-state index is 13.3. The Labute approximate surface area is 144 Å². The molecule has 1 aromatic rings. The third-order valence-electron chi connectivity index (χ3n) is 3.15. The van der Waals surface area contributed by atoms with Gasteiger partial charge in [0.05, 0.1) is 12.8 Å². The smallest absolute Gasteiger partial charge is 0.209 e. The Hall–Kier alpha value is -1.67. The molecule has 1 aromatic carbocycles. The lowest BCUT2D eigenvalue weighted by Gasteiger charge is -2.26. The summed E-state index contributed by atoms with van der Waals surface area (Å²) in [5, 5.41) is 6.22. The third-order valence-corrected chi connectivity index (χ3v) is 4.07. The highest BCUT2D eigenvalue weighted by atomic mass is 32.2. The van der Waals surface area contributed by atoms with Crippen molar-refractivity contribution in [2.45, 2.75) is 39.8 Å². The van der Waals surface area contributed by atoms with Crippen molar-refractivity contribution >= 4 is 16.0 Å². The van der Waals surface area contributed by atoms with Crippen molar-refractivity contribution < 1.29 is 12.8 Å². The zero-order valence-electron chi connectivity index (χ0n) is 14.9. The first-order valence-corrected chi connectivity index (χ1v) is 9.68. The first kappa shape index (κ1) is 20.4. The van der Waals surface area contributed by atoms with Crippen molar-refractivity contribution in [1.82, 2.24) is 15.4 Å². The second kappa shape index (κ2) is 8.43. The van der Waals surface area contributed by atoms with E-state index in [9.17, 15) is 12.8 Å². The summed E-state index contributed by atoms with van der Waals surface area (Å²) in [6.07, 6.45) is 1.13. The molecule has 1 rings (SSSR count). The van der Waals surface area contributed by atoms with Gasteiger partial charge in [0.2, 0.25) is 10.0 Å². The van der Waals surface area contributed by atoms with Crippen LogP contribution in [0, 0.1) is 12.7 Å². The number of hydrogen-bond acceptors (Lipinski definition) is 3. The Kier molecular flexibility index (Phi) is 7.16. The normalized spacial score (nSPS) is 13.0. The Balaban J connectivity index is 2.73. The van der Waals surface area contributed by atoms with E-state index in [2.05, 4.69) is 20.3 Å². The van der Waals surface area contributed by atoms with Crippen LogP contribution < -0.4 is 15.4 Å².